The smallest absolute Gasteiger partial charge is 0.145 e. The average Bonchev–Trinajstić information content (AvgIpc) is 2.27. The zero-order valence-corrected chi connectivity index (χ0v) is 6.36. The van der Waals surface area contributed by atoms with Gasteiger partial charge < -0.3 is 15.8 Å². The molecule has 4 heteroatoms. The molecular formula is C6H10N2OS. The van der Waals surface area contributed by atoms with Crippen molar-refractivity contribution in [1.29, 1.82) is 0 Å². The van der Waals surface area contributed by atoms with Crippen molar-refractivity contribution in [2.75, 3.05) is 6.61 Å². The Balaban J connectivity index is 2.13. The van der Waals surface area contributed by atoms with Crippen LogP contribution in [0.3, 0.4) is 0 Å². The lowest BCUT2D eigenvalue weighted by Crippen LogP contribution is -2.28. The number of hydrogen-bond acceptors (Lipinski definition) is 4. The molecule has 0 aromatic rings. The van der Waals surface area contributed by atoms with Crippen LogP contribution in [0.1, 0.15) is 6.42 Å². The van der Waals surface area contributed by atoms with Gasteiger partial charge in [-0.2, -0.15) is 0 Å². The van der Waals surface area contributed by atoms with Crippen LogP contribution in [-0.4, -0.2) is 17.5 Å². The summed E-state index contributed by atoms with van der Waals surface area (Å²) in [5, 5.41) is 3.13. The molecule has 1 saturated heterocycles. The Morgan fingerprint density at radius 1 is 1.80 bits per heavy atom. The number of rotatable bonds is 0. The fraction of sp³-hybridized carbons (Fsp3) is 0.667. The molecule has 3 N–H and O–H groups in total. The van der Waals surface area contributed by atoms with Crippen molar-refractivity contribution in [2.45, 2.75) is 17.4 Å². The van der Waals surface area contributed by atoms with Crippen LogP contribution in [0.25, 0.3) is 0 Å². The lowest BCUT2D eigenvalue weighted by molar-refractivity contribution is 0.127. The second-order valence-corrected chi connectivity index (χ2v) is 3.56. The molecular weight excluding hydrogens is 148 g/mol. The van der Waals surface area contributed by atoms with Gasteiger partial charge >= 0.3 is 0 Å². The largest absolute Gasteiger partial charge is 0.362 e. The van der Waals surface area contributed by atoms with Gasteiger partial charge in [-0.25, -0.2) is 0 Å². The molecule has 0 aromatic carbocycles. The van der Waals surface area contributed by atoms with E-state index >= 15 is 0 Å². The van der Waals surface area contributed by atoms with Gasteiger partial charge in [0, 0.05) is 5.70 Å². The number of hydrogen-bond donors (Lipinski definition) is 2. The molecule has 2 unspecified atom stereocenters. The highest BCUT2D eigenvalue weighted by molar-refractivity contribution is 8.00. The van der Waals surface area contributed by atoms with Crippen molar-refractivity contribution in [3.63, 3.8) is 0 Å². The Bertz CT molecular complexity index is 171. The fourth-order valence-corrected chi connectivity index (χ4v) is 2.10. The molecule has 2 aliphatic rings. The van der Waals surface area contributed by atoms with Crippen LogP contribution in [0, 0.1) is 0 Å². The molecule has 10 heavy (non-hydrogen) atoms. The van der Waals surface area contributed by atoms with Crippen molar-refractivity contribution in [3.8, 4) is 0 Å². The molecule has 0 saturated carbocycles. The van der Waals surface area contributed by atoms with Crippen molar-refractivity contribution in [3.05, 3.63) is 11.8 Å². The summed E-state index contributed by atoms with van der Waals surface area (Å²) in [6.07, 6.45) is 3.17. The van der Waals surface area contributed by atoms with E-state index in [4.69, 9.17) is 10.5 Å². The molecule has 2 aliphatic heterocycles. The first-order chi connectivity index (χ1) is 4.86. The van der Waals surface area contributed by atoms with Crippen LogP contribution in [-0.2, 0) is 4.74 Å². The highest BCUT2D eigenvalue weighted by Crippen LogP contribution is 2.30. The molecule has 2 heterocycles. The number of nitrogens with two attached hydrogens (primary N) is 1. The number of nitrogens with one attached hydrogen (secondary N) is 1. The van der Waals surface area contributed by atoms with Crippen LogP contribution >= 0.6 is 11.8 Å². The first kappa shape index (κ1) is 6.52. The first-order valence-corrected chi connectivity index (χ1v) is 4.30. The summed E-state index contributed by atoms with van der Waals surface area (Å²) in [5.74, 6) is 0. The van der Waals surface area contributed by atoms with Gasteiger partial charge in [-0.15, -0.1) is 0 Å². The standard InChI is InChI=1S/C6H10N2OS/c7-6-8-4-2-1-3-9-5(4)10-6/h2,5-6,8H,1,3,7H2. The average molecular weight is 158 g/mol. The monoisotopic (exact) mass is 158 g/mol. The molecule has 1 fully saturated rings. The van der Waals surface area contributed by atoms with E-state index in [2.05, 4.69) is 11.4 Å². The zero-order chi connectivity index (χ0) is 6.97. The van der Waals surface area contributed by atoms with E-state index < -0.39 is 0 Å². The third kappa shape index (κ3) is 1.02. The number of thioether (sulfide) groups is 1. The van der Waals surface area contributed by atoms with Gasteiger partial charge in [0.15, 0.2) is 0 Å². The summed E-state index contributed by atoms with van der Waals surface area (Å²) in [5.41, 5.74) is 6.99. The number of ether oxygens (including phenoxy) is 1. The molecule has 3 nitrogen and oxygen atoms in total. The molecule has 2 rings (SSSR count). The highest BCUT2D eigenvalue weighted by atomic mass is 32.2. The number of fused-ring (bicyclic) bond motifs is 1. The Morgan fingerprint density at radius 2 is 2.70 bits per heavy atom. The van der Waals surface area contributed by atoms with Gasteiger partial charge in [-0.1, -0.05) is 17.8 Å². The SMILES string of the molecule is NC1NC2=CCCOC2S1. The lowest BCUT2D eigenvalue weighted by atomic mass is 10.3. The molecule has 0 aliphatic carbocycles. The lowest BCUT2D eigenvalue weighted by Gasteiger charge is -2.15. The van der Waals surface area contributed by atoms with E-state index in [1.54, 1.807) is 11.8 Å². The minimum atomic E-state index is 0.0225. The van der Waals surface area contributed by atoms with E-state index in [-0.39, 0.29) is 10.9 Å². The van der Waals surface area contributed by atoms with E-state index in [1.807, 2.05) is 0 Å². The maximum absolute atomic E-state index is 5.63. The molecule has 0 aromatic heterocycles. The molecule has 0 spiro atoms. The molecule has 0 amide bonds. The quantitative estimate of drug-likeness (QED) is 0.528. The Morgan fingerprint density at radius 3 is 3.50 bits per heavy atom. The Kier molecular flexibility index (Phi) is 1.60. The van der Waals surface area contributed by atoms with E-state index in [0.29, 0.717) is 0 Å². The van der Waals surface area contributed by atoms with Gasteiger partial charge in [0.2, 0.25) is 0 Å². The molecule has 0 radical (unpaired) electrons. The maximum Gasteiger partial charge on any atom is 0.145 e. The normalized spacial score (nSPS) is 38.3. The van der Waals surface area contributed by atoms with Crippen LogP contribution in [0.15, 0.2) is 11.8 Å². The van der Waals surface area contributed by atoms with Gasteiger partial charge in [0.1, 0.15) is 10.9 Å². The third-order valence-electron chi connectivity index (χ3n) is 1.58. The maximum atomic E-state index is 5.63. The minimum Gasteiger partial charge on any atom is -0.362 e. The Labute approximate surface area is 64.0 Å². The first-order valence-electron chi connectivity index (χ1n) is 3.35. The van der Waals surface area contributed by atoms with Crippen LogP contribution in [0.5, 0.6) is 0 Å². The van der Waals surface area contributed by atoms with Crippen molar-refractivity contribution in [2.24, 2.45) is 5.73 Å². The van der Waals surface area contributed by atoms with Crippen molar-refractivity contribution >= 4 is 11.8 Å². The van der Waals surface area contributed by atoms with Crippen LogP contribution in [0.2, 0.25) is 0 Å². The van der Waals surface area contributed by atoms with Gasteiger partial charge in [-0.3, -0.25) is 0 Å². The fourth-order valence-electron chi connectivity index (χ4n) is 1.15. The third-order valence-corrected chi connectivity index (χ3v) is 2.63. The van der Waals surface area contributed by atoms with E-state index in [0.717, 1.165) is 18.7 Å². The van der Waals surface area contributed by atoms with E-state index in [9.17, 15) is 0 Å². The Hall–Kier alpha value is -0.190. The zero-order valence-electron chi connectivity index (χ0n) is 5.54. The summed E-state index contributed by atoms with van der Waals surface area (Å²) < 4.78 is 5.42. The summed E-state index contributed by atoms with van der Waals surface area (Å²) in [6.45, 7) is 0.829. The van der Waals surface area contributed by atoms with Crippen LogP contribution < -0.4 is 11.1 Å². The van der Waals surface area contributed by atoms with Gasteiger partial charge in [0.25, 0.3) is 0 Å². The summed E-state index contributed by atoms with van der Waals surface area (Å²) in [7, 11) is 0. The van der Waals surface area contributed by atoms with Crippen molar-refractivity contribution < 1.29 is 4.74 Å². The summed E-state index contributed by atoms with van der Waals surface area (Å²) in [6, 6.07) is 0. The summed E-state index contributed by atoms with van der Waals surface area (Å²) >= 11 is 1.63. The van der Waals surface area contributed by atoms with Gasteiger partial charge in [0.05, 0.1) is 6.61 Å². The topological polar surface area (TPSA) is 47.3 Å². The predicted octanol–water partition coefficient (Wildman–Crippen LogP) is 0.195. The molecule has 56 valence electrons. The molecule has 2 atom stereocenters. The van der Waals surface area contributed by atoms with Crippen LogP contribution in [0.4, 0.5) is 0 Å². The second kappa shape index (κ2) is 2.45. The predicted molar refractivity (Wildman–Crippen MR) is 41.1 cm³/mol. The van der Waals surface area contributed by atoms with E-state index in [1.165, 1.54) is 0 Å². The highest BCUT2D eigenvalue weighted by Gasteiger charge is 2.28. The second-order valence-electron chi connectivity index (χ2n) is 2.35. The van der Waals surface area contributed by atoms with Crippen molar-refractivity contribution in [1.82, 2.24) is 5.32 Å². The summed E-state index contributed by atoms with van der Waals surface area (Å²) in [4.78, 5) is 0. The minimum absolute atomic E-state index is 0.0225. The molecule has 0 bridgehead atoms. The van der Waals surface area contributed by atoms with Gasteiger partial charge in [-0.05, 0) is 6.42 Å².